The van der Waals surface area contributed by atoms with E-state index in [2.05, 4.69) is 32.4 Å². The number of allylic oxidation sites excluding steroid dienone is 1. The fourth-order valence-corrected chi connectivity index (χ4v) is 5.57. The molecular weight excluding hydrogens is 627 g/mol. The number of piperidine rings is 1. The van der Waals surface area contributed by atoms with Gasteiger partial charge in [0.15, 0.2) is 0 Å². The average molecular weight is 674 g/mol. The van der Waals surface area contributed by atoms with E-state index in [0.717, 1.165) is 32.9 Å². The number of hydrogen-bond acceptors (Lipinski definition) is 8. The van der Waals surface area contributed by atoms with Gasteiger partial charge in [0.1, 0.15) is 35.4 Å². The molecule has 1 saturated heterocycles. The van der Waals surface area contributed by atoms with Gasteiger partial charge >= 0.3 is 6.18 Å². The first-order valence-electron chi connectivity index (χ1n) is 15.9. The molecule has 13 heteroatoms. The Bertz CT molecular complexity index is 1580. The summed E-state index contributed by atoms with van der Waals surface area (Å²) in [6.45, 7) is 13.8. The van der Waals surface area contributed by atoms with E-state index in [9.17, 15) is 23.1 Å². The predicted molar refractivity (Wildman–Crippen MR) is 180 cm³/mol. The Hall–Kier alpha value is -4.07. The zero-order valence-electron chi connectivity index (χ0n) is 28.6. The van der Waals surface area contributed by atoms with Gasteiger partial charge in [-0.3, -0.25) is 10.1 Å². The number of halogens is 3. The van der Waals surface area contributed by atoms with Crippen molar-refractivity contribution in [2.45, 2.75) is 77.4 Å². The summed E-state index contributed by atoms with van der Waals surface area (Å²) in [5.74, 6) is -0.575. The quantitative estimate of drug-likeness (QED) is 0.144. The first-order valence-corrected chi connectivity index (χ1v) is 15.9. The first-order chi connectivity index (χ1) is 22.4. The van der Waals surface area contributed by atoms with Crippen LogP contribution in [0.15, 0.2) is 65.0 Å². The van der Waals surface area contributed by atoms with Gasteiger partial charge in [-0.2, -0.15) is 18.2 Å². The number of rotatable bonds is 9. The van der Waals surface area contributed by atoms with E-state index in [-0.39, 0.29) is 47.2 Å². The number of benzene rings is 2. The van der Waals surface area contributed by atoms with Crippen LogP contribution in [0, 0.1) is 0 Å². The lowest BCUT2D eigenvalue weighted by atomic mass is 9.99. The van der Waals surface area contributed by atoms with Crippen LogP contribution in [0.25, 0.3) is 0 Å². The molecule has 0 bridgehead atoms. The molecule has 4 rings (SSSR count). The molecule has 48 heavy (non-hydrogen) atoms. The molecule has 0 radical (unpaired) electrons. The summed E-state index contributed by atoms with van der Waals surface area (Å²) in [7, 11) is 3.47. The highest BCUT2D eigenvalue weighted by molar-refractivity contribution is 6.09. The van der Waals surface area contributed by atoms with E-state index >= 15 is 0 Å². The van der Waals surface area contributed by atoms with Crippen LogP contribution < -0.4 is 30.2 Å². The Balaban J connectivity index is 1.71. The van der Waals surface area contributed by atoms with Crippen molar-refractivity contribution in [3.8, 4) is 17.2 Å². The topological polar surface area (TPSA) is 117 Å². The highest BCUT2D eigenvalue weighted by Crippen LogP contribution is 2.41. The number of nitrogens with one attached hydrogen (secondary N) is 3. The summed E-state index contributed by atoms with van der Waals surface area (Å²) < 4.78 is 60.2. The molecule has 1 amide bonds. The largest absolute Gasteiger partial charge is 0.495 e. The van der Waals surface area contributed by atoms with Crippen LogP contribution in [-0.4, -0.2) is 73.4 Å². The SMILES string of the molecule is C=C(CC)C(=N/C(Oc1cccc2c1C(C)(O)NC(C)(C)CO2)=C(\C)C(F)(F)F)Nc1ccc(C(=O)NC2CCN(C)CC2)cc1OC. The van der Waals surface area contributed by atoms with Crippen LogP contribution >= 0.6 is 0 Å². The minimum absolute atomic E-state index is 0.0118. The van der Waals surface area contributed by atoms with Crippen LogP contribution in [0.3, 0.4) is 0 Å². The maximum absolute atomic E-state index is 14.2. The zero-order chi connectivity index (χ0) is 35.4. The zero-order valence-corrected chi connectivity index (χ0v) is 28.6. The number of amidine groups is 1. The molecule has 1 unspecified atom stereocenters. The van der Waals surface area contributed by atoms with Gasteiger partial charge < -0.3 is 34.9 Å². The highest BCUT2D eigenvalue weighted by atomic mass is 19.4. The number of amides is 1. The molecule has 2 aromatic rings. The van der Waals surface area contributed by atoms with Crippen LogP contribution in [0.1, 0.15) is 69.8 Å². The Morgan fingerprint density at radius 2 is 1.88 bits per heavy atom. The molecule has 2 heterocycles. The Morgan fingerprint density at radius 3 is 2.50 bits per heavy atom. The molecule has 1 fully saturated rings. The van der Waals surface area contributed by atoms with Crippen molar-refractivity contribution in [2.75, 3.05) is 39.2 Å². The van der Waals surface area contributed by atoms with E-state index in [1.165, 1.54) is 20.1 Å². The number of carbonyl (C=O) groups excluding carboxylic acids is 1. The molecule has 2 aromatic carbocycles. The van der Waals surface area contributed by atoms with Crippen LogP contribution in [-0.2, 0) is 5.72 Å². The van der Waals surface area contributed by atoms with Crippen LogP contribution in [0.5, 0.6) is 17.2 Å². The number of aliphatic imine (C=N–C) groups is 1. The summed E-state index contributed by atoms with van der Waals surface area (Å²) in [6.07, 6.45) is -2.77. The lowest BCUT2D eigenvalue weighted by Gasteiger charge is -2.33. The second-order valence-corrected chi connectivity index (χ2v) is 13.0. The van der Waals surface area contributed by atoms with Gasteiger partial charge in [0.2, 0.25) is 5.88 Å². The predicted octanol–water partition coefficient (Wildman–Crippen LogP) is 6.09. The summed E-state index contributed by atoms with van der Waals surface area (Å²) in [5, 5.41) is 20.6. The van der Waals surface area contributed by atoms with Gasteiger partial charge in [0.25, 0.3) is 5.91 Å². The van der Waals surface area contributed by atoms with Crippen molar-refractivity contribution >= 4 is 17.4 Å². The standard InChI is InChI=1S/C35H46F3N5O5/c1-9-21(2)30(40-25-14-13-23(19-28(25)46-8)31(44)39-24-15-17-43(7)18-16-24)41-32(22(3)35(36,37)38)48-27-12-10-11-26-29(27)34(6,45)42-33(4,5)20-47-26/h10-14,19,24,42,45H,2,9,15-18,20H2,1,3-8H3,(H,39,44)(H,40,41)/b32-22-. The number of fused-ring (bicyclic) bond motifs is 1. The number of likely N-dealkylation sites (tertiary alicyclic amines) is 1. The second-order valence-electron chi connectivity index (χ2n) is 13.0. The third kappa shape index (κ3) is 8.88. The van der Waals surface area contributed by atoms with Gasteiger partial charge in [-0.1, -0.05) is 19.6 Å². The maximum Gasteiger partial charge on any atom is 0.417 e. The number of ether oxygens (including phenoxy) is 3. The van der Waals surface area contributed by atoms with Crippen molar-refractivity contribution in [3.05, 3.63) is 71.1 Å². The monoisotopic (exact) mass is 673 g/mol. The van der Waals surface area contributed by atoms with E-state index in [0.29, 0.717) is 23.2 Å². The van der Waals surface area contributed by atoms with Crippen molar-refractivity contribution < 1.29 is 37.3 Å². The molecule has 4 N–H and O–H groups in total. The average Bonchev–Trinajstić information content (AvgIpc) is 3.12. The van der Waals surface area contributed by atoms with Gasteiger partial charge in [0, 0.05) is 17.1 Å². The maximum atomic E-state index is 14.2. The number of nitrogens with zero attached hydrogens (tertiary/aromatic N) is 2. The van der Waals surface area contributed by atoms with Crippen LogP contribution in [0.2, 0.25) is 0 Å². The summed E-state index contributed by atoms with van der Waals surface area (Å²) >= 11 is 0. The Morgan fingerprint density at radius 1 is 1.19 bits per heavy atom. The molecule has 0 saturated carbocycles. The van der Waals surface area contributed by atoms with Crippen molar-refractivity contribution in [1.29, 1.82) is 0 Å². The number of methoxy groups -OCH3 is 1. The van der Waals surface area contributed by atoms with Gasteiger partial charge in [-0.25, -0.2) is 0 Å². The molecule has 1 atom stereocenters. The fourth-order valence-electron chi connectivity index (χ4n) is 5.57. The highest BCUT2D eigenvalue weighted by Gasteiger charge is 2.40. The molecule has 2 aliphatic rings. The molecule has 0 spiro atoms. The van der Waals surface area contributed by atoms with Crippen LogP contribution in [0.4, 0.5) is 18.9 Å². The summed E-state index contributed by atoms with van der Waals surface area (Å²) in [4.78, 5) is 19.6. The number of alkyl halides is 3. The minimum atomic E-state index is -4.80. The molecule has 0 aromatic heterocycles. The minimum Gasteiger partial charge on any atom is -0.495 e. The third-order valence-electron chi connectivity index (χ3n) is 8.34. The summed E-state index contributed by atoms with van der Waals surface area (Å²) in [5.41, 5.74) is -2.29. The smallest absolute Gasteiger partial charge is 0.417 e. The third-order valence-corrected chi connectivity index (χ3v) is 8.34. The van der Waals surface area contributed by atoms with Gasteiger partial charge in [-0.15, -0.1) is 0 Å². The normalized spacial score (nSPS) is 20.9. The first kappa shape index (κ1) is 36.8. The van der Waals surface area contributed by atoms with E-state index < -0.39 is 28.9 Å². The van der Waals surface area contributed by atoms with E-state index in [4.69, 9.17) is 14.2 Å². The lowest BCUT2D eigenvalue weighted by Crippen LogP contribution is -2.52. The van der Waals surface area contributed by atoms with E-state index in [1.807, 2.05) is 20.9 Å². The van der Waals surface area contributed by atoms with Gasteiger partial charge in [-0.05, 0) is 103 Å². The Kier molecular flexibility index (Phi) is 11.2. The number of carbonyl (C=O) groups is 1. The Labute approximate surface area is 280 Å². The molecule has 0 aliphatic carbocycles. The van der Waals surface area contributed by atoms with Crippen molar-refractivity contribution in [1.82, 2.24) is 15.5 Å². The fraction of sp³-hybridized carbons (Fsp3) is 0.486. The molecule has 2 aliphatic heterocycles. The second kappa shape index (κ2) is 14.6. The lowest BCUT2D eigenvalue weighted by molar-refractivity contribution is -0.0938. The molecular formula is C35H46F3N5O5. The molecule has 262 valence electrons. The van der Waals surface area contributed by atoms with Crippen molar-refractivity contribution in [2.24, 2.45) is 4.99 Å². The van der Waals surface area contributed by atoms with Gasteiger partial charge in [0.05, 0.1) is 23.9 Å². The van der Waals surface area contributed by atoms with Crippen molar-refractivity contribution in [3.63, 3.8) is 0 Å². The number of aliphatic hydroxyl groups is 1. The summed E-state index contributed by atoms with van der Waals surface area (Å²) in [6, 6.07) is 9.43. The number of anilines is 1. The van der Waals surface area contributed by atoms with E-state index in [1.54, 1.807) is 37.3 Å². The number of hydrogen-bond donors (Lipinski definition) is 4. The molecule has 10 nitrogen and oxygen atoms in total.